The van der Waals surface area contributed by atoms with Crippen LogP contribution in [0.1, 0.15) is 0 Å². The molecule has 0 fully saturated rings. The third-order valence-electron chi connectivity index (χ3n) is 6.55. The maximum atomic E-state index is 13.9. The molecule has 0 saturated carbocycles. The largest absolute Gasteiger partial charge is 0.497 e. The molecular formula is C29H26Br2N2O5S. The number of rotatable bonds is 9. The van der Waals surface area contributed by atoms with Crippen LogP contribution in [-0.4, -0.2) is 45.0 Å². The molecule has 0 saturated heterocycles. The Morgan fingerprint density at radius 1 is 0.821 bits per heavy atom. The monoisotopic (exact) mass is 672 g/mol. The first-order valence-corrected chi connectivity index (χ1v) is 15.1. The number of aromatic nitrogens is 1. The first-order valence-electron chi connectivity index (χ1n) is 12.1. The average Bonchev–Trinajstić information content (AvgIpc) is 3.23. The van der Waals surface area contributed by atoms with Gasteiger partial charge in [-0.2, -0.15) is 0 Å². The lowest BCUT2D eigenvalue weighted by molar-refractivity contribution is 0.166. The summed E-state index contributed by atoms with van der Waals surface area (Å²) in [6.45, 7) is 0.0115. The molecule has 1 N–H and O–H groups in total. The molecule has 0 bridgehead atoms. The molecule has 0 amide bonds. The molecule has 0 aliphatic carbocycles. The van der Waals surface area contributed by atoms with Crippen LogP contribution in [0.4, 0.5) is 5.69 Å². The topological polar surface area (TPSA) is 81.0 Å². The maximum Gasteiger partial charge on any atom is 0.264 e. The Labute approximate surface area is 243 Å². The predicted molar refractivity (Wildman–Crippen MR) is 161 cm³/mol. The summed E-state index contributed by atoms with van der Waals surface area (Å²) in [6, 6.07) is 25.0. The zero-order valence-electron chi connectivity index (χ0n) is 21.2. The van der Waals surface area contributed by atoms with E-state index in [0.29, 0.717) is 17.2 Å². The Bertz CT molecular complexity index is 1690. The summed E-state index contributed by atoms with van der Waals surface area (Å²) in [5.41, 5.74) is 2.27. The minimum Gasteiger partial charge on any atom is -0.497 e. The van der Waals surface area contributed by atoms with Gasteiger partial charge in [0.2, 0.25) is 0 Å². The Morgan fingerprint density at radius 3 is 1.97 bits per heavy atom. The van der Waals surface area contributed by atoms with E-state index < -0.39 is 16.1 Å². The predicted octanol–water partition coefficient (Wildman–Crippen LogP) is 6.59. The highest BCUT2D eigenvalue weighted by Crippen LogP contribution is 2.34. The van der Waals surface area contributed by atoms with E-state index in [1.165, 1.54) is 30.7 Å². The highest BCUT2D eigenvalue weighted by Gasteiger charge is 2.28. The summed E-state index contributed by atoms with van der Waals surface area (Å²) in [6.07, 6.45) is -1.03. The van der Waals surface area contributed by atoms with Gasteiger partial charge in [0.15, 0.2) is 0 Å². The number of aliphatic hydroxyl groups is 1. The second-order valence-electron chi connectivity index (χ2n) is 9.00. The molecule has 0 radical (unpaired) electrons. The summed E-state index contributed by atoms with van der Waals surface area (Å²) in [7, 11) is -0.988. The quantitative estimate of drug-likeness (QED) is 0.191. The third kappa shape index (κ3) is 5.51. The van der Waals surface area contributed by atoms with Crippen LogP contribution in [0, 0.1) is 0 Å². The fraction of sp³-hybridized carbons (Fsp3) is 0.172. The van der Waals surface area contributed by atoms with E-state index in [0.717, 1.165) is 30.8 Å². The van der Waals surface area contributed by atoms with Crippen molar-refractivity contribution in [1.82, 2.24) is 4.57 Å². The molecule has 4 aromatic carbocycles. The fourth-order valence-electron chi connectivity index (χ4n) is 4.69. The molecule has 1 aromatic heterocycles. The number of hydrogen-bond donors (Lipinski definition) is 1. The number of nitrogens with zero attached hydrogens (tertiary/aromatic N) is 2. The van der Waals surface area contributed by atoms with Crippen LogP contribution < -0.4 is 13.8 Å². The number of aliphatic hydroxyl groups excluding tert-OH is 1. The van der Waals surface area contributed by atoms with Crippen LogP contribution in [0.3, 0.4) is 0 Å². The van der Waals surface area contributed by atoms with E-state index in [4.69, 9.17) is 9.47 Å². The van der Waals surface area contributed by atoms with Gasteiger partial charge in [-0.15, -0.1) is 0 Å². The number of benzene rings is 4. The highest BCUT2D eigenvalue weighted by atomic mass is 79.9. The number of ether oxygens (including phenoxy) is 2. The molecule has 0 spiro atoms. The van der Waals surface area contributed by atoms with E-state index in [-0.39, 0.29) is 18.0 Å². The lowest BCUT2D eigenvalue weighted by atomic mass is 10.2. The molecule has 39 heavy (non-hydrogen) atoms. The van der Waals surface area contributed by atoms with Crippen molar-refractivity contribution < 1.29 is 23.0 Å². The molecule has 1 atom stereocenters. The van der Waals surface area contributed by atoms with Gasteiger partial charge in [0, 0.05) is 36.8 Å². The second-order valence-corrected chi connectivity index (χ2v) is 12.7. The van der Waals surface area contributed by atoms with Gasteiger partial charge < -0.3 is 19.1 Å². The summed E-state index contributed by atoms with van der Waals surface area (Å²) in [5.74, 6) is 1.06. The van der Waals surface area contributed by atoms with Crippen molar-refractivity contribution >= 4 is 69.4 Å². The Balaban J connectivity index is 1.55. The average molecular weight is 674 g/mol. The van der Waals surface area contributed by atoms with Gasteiger partial charge in [0.25, 0.3) is 10.0 Å². The smallest absolute Gasteiger partial charge is 0.264 e. The van der Waals surface area contributed by atoms with Gasteiger partial charge in [-0.3, -0.25) is 4.31 Å². The molecular weight excluding hydrogens is 648 g/mol. The molecule has 202 valence electrons. The Hall–Kier alpha value is -3.05. The van der Waals surface area contributed by atoms with Crippen molar-refractivity contribution in [2.24, 2.45) is 0 Å². The summed E-state index contributed by atoms with van der Waals surface area (Å²) >= 11 is 7.12. The van der Waals surface area contributed by atoms with Gasteiger partial charge >= 0.3 is 0 Å². The fourth-order valence-corrected chi connectivity index (χ4v) is 6.90. The van der Waals surface area contributed by atoms with E-state index >= 15 is 0 Å². The molecule has 0 aliphatic heterocycles. The molecule has 0 aliphatic rings. The van der Waals surface area contributed by atoms with Crippen LogP contribution in [0.2, 0.25) is 0 Å². The first kappa shape index (κ1) is 27.5. The summed E-state index contributed by atoms with van der Waals surface area (Å²) in [5, 5.41) is 13.5. The van der Waals surface area contributed by atoms with Crippen LogP contribution in [0.15, 0.2) is 98.8 Å². The number of anilines is 1. The first-order chi connectivity index (χ1) is 18.7. The van der Waals surface area contributed by atoms with Gasteiger partial charge in [-0.1, -0.05) is 37.9 Å². The van der Waals surface area contributed by atoms with E-state index in [9.17, 15) is 13.5 Å². The van der Waals surface area contributed by atoms with Gasteiger partial charge in [0.05, 0.1) is 44.0 Å². The second kappa shape index (κ2) is 11.2. The summed E-state index contributed by atoms with van der Waals surface area (Å²) < 4.78 is 43.5. The highest BCUT2D eigenvalue weighted by molar-refractivity contribution is 9.10. The lowest BCUT2D eigenvalue weighted by Gasteiger charge is -2.27. The third-order valence-corrected chi connectivity index (χ3v) is 9.34. The standard InChI is InChI=1S/C29H26Br2N2O5S/c1-37-23-8-10-25(11-9-23)39(35,36)33(21-4-3-5-24(16-21)38-2)18-22(34)17-32-28-12-6-19(30)14-26(28)27-15-20(31)7-13-29(27)32/h3-16,22,34H,17-18H2,1-2H3. The van der Waals surface area contributed by atoms with Crippen molar-refractivity contribution in [2.45, 2.75) is 17.5 Å². The van der Waals surface area contributed by atoms with Crippen molar-refractivity contribution in [1.29, 1.82) is 0 Å². The molecule has 1 heterocycles. The lowest BCUT2D eigenvalue weighted by Crippen LogP contribution is -2.39. The van der Waals surface area contributed by atoms with Crippen molar-refractivity contribution in [3.05, 3.63) is 93.9 Å². The number of hydrogen-bond acceptors (Lipinski definition) is 5. The van der Waals surface area contributed by atoms with Gasteiger partial charge in [-0.05, 0) is 72.8 Å². The van der Waals surface area contributed by atoms with Crippen LogP contribution in [-0.2, 0) is 16.6 Å². The number of fused-ring (bicyclic) bond motifs is 3. The minimum atomic E-state index is -4.03. The van der Waals surface area contributed by atoms with E-state index in [1.54, 1.807) is 36.4 Å². The number of methoxy groups -OCH3 is 2. The van der Waals surface area contributed by atoms with Gasteiger partial charge in [-0.25, -0.2) is 8.42 Å². The van der Waals surface area contributed by atoms with Gasteiger partial charge in [0.1, 0.15) is 11.5 Å². The molecule has 1 unspecified atom stereocenters. The molecule has 5 rings (SSSR count). The summed E-state index contributed by atoms with van der Waals surface area (Å²) in [4.78, 5) is 0.0879. The van der Waals surface area contributed by atoms with E-state index in [1.807, 2.05) is 41.0 Å². The normalized spacial score (nSPS) is 12.5. The van der Waals surface area contributed by atoms with Crippen molar-refractivity contribution in [3.8, 4) is 11.5 Å². The Kier molecular flexibility index (Phi) is 7.91. The molecule has 10 heteroatoms. The van der Waals surface area contributed by atoms with E-state index in [2.05, 4.69) is 31.9 Å². The zero-order valence-corrected chi connectivity index (χ0v) is 25.2. The zero-order chi connectivity index (χ0) is 27.7. The number of sulfonamides is 1. The molecule has 5 aromatic rings. The molecule has 7 nitrogen and oxygen atoms in total. The van der Waals surface area contributed by atoms with Crippen molar-refractivity contribution in [2.75, 3.05) is 25.1 Å². The maximum absolute atomic E-state index is 13.9. The van der Waals surface area contributed by atoms with Crippen molar-refractivity contribution in [3.63, 3.8) is 0 Å². The minimum absolute atomic E-state index is 0.0879. The van der Waals surface area contributed by atoms with Crippen LogP contribution >= 0.6 is 31.9 Å². The van der Waals surface area contributed by atoms with Crippen LogP contribution in [0.25, 0.3) is 21.8 Å². The number of halogens is 2. The Morgan fingerprint density at radius 2 is 1.41 bits per heavy atom. The SMILES string of the molecule is COc1ccc(S(=O)(=O)N(CC(O)Cn2c3ccc(Br)cc3c3cc(Br)ccc32)c2cccc(OC)c2)cc1. The van der Waals surface area contributed by atoms with Crippen LogP contribution in [0.5, 0.6) is 11.5 Å².